The summed E-state index contributed by atoms with van der Waals surface area (Å²) in [6, 6.07) is 5.60. The van der Waals surface area contributed by atoms with Crippen molar-refractivity contribution < 1.29 is 19.8 Å². The number of nitrogens with zero attached hydrogens (tertiary/aromatic N) is 5. The van der Waals surface area contributed by atoms with Crippen LogP contribution >= 0.6 is 0 Å². The fraction of sp³-hybridized carbons (Fsp3) is 0.515. The number of aliphatic hydroxyl groups is 2. The molecule has 4 rings (SSSR count). The molecule has 2 aliphatic heterocycles. The van der Waals surface area contributed by atoms with Crippen molar-refractivity contribution in [2.24, 2.45) is 5.92 Å². The number of aromatic nitrogens is 3. The molecule has 9 heteroatoms. The highest BCUT2D eigenvalue weighted by molar-refractivity contribution is 6.08. The van der Waals surface area contributed by atoms with Crippen molar-refractivity contribution in [2.75, 3.05) is 29.5 Å². The molecule has 226 valence electrons. The SMILES string of the molecule is CC(C)=CCC/C(C)=C/CN1C(=O)[C@@](O)([C@@H](C)/C=C/CCn2cc(CCO)nn2)c2cc(N3CCCCC3=O)ccc21. The number of fused-ring (bicyclic) bond motifs is 1. The average molecular weight is 576 g/mol. The predicted molar refractivity (Wildman–Crippen MR) is 165 cm³/mol. The molecule has 1 aromatic heterocycles. The van der Waals surface area contributed by atoms with Crippen molar-refractivity contribution in [3.05, 3.63) is 71.1 Å². The van der Waals surface area contributed by atoms with E-state index < -0.39 is 11.5 Å². The summed E-state index contributed by atoms with van der Waals surface area (Å²) < 4.78 is 1.72. The van der Waals surface area contributed by atoms with Crippen molar-refractivity contribution in [3.8, 4) is 0 Å². The smallest absolute Gasteiger partial charge is 0.264 e. The lowest BCUT2D eigenvalue weighted by Crippen LogP contribution is -2.44. The van der Waals surface area contributed by atoms with Gasteiger partial charge in [0.2, 0.25) is 5.91 Å². The van der Waals surface area contributed by atoms with E-state index in [1.54, 1.807) is 14.5 Å². The number of carbonyl (C=O) groups excluding carboxylic acids is 2. The first-order valence-corrected chi connectivity index (χ1v) is 15.1. The fourth-order valence-corrected chi connectivity index (χ4v) is 5.62. The van der Waals surface area contributed by atoms with Crippen LogP contribution < -0.4 is 9.80 Å². The van der Waals surface area contributed by atoms with Gasteiger partial charge in [-0.15, -0.1) is 5.10 Å². The second-order valence-electron chi connectivity index (χ2n) is 11.7. The highest BCUT2D eigenvalue weighted by Crippen LogP contribution is 2.47. The van der Waals surface area contributed by atoms with Crippen LogP contribution in [0.25, 0.3) is 0 Å². The minimum Gasteiger partial charge on any atom is -0.396 e. The molecule has 9 nitrogen and oxygen atoms in total. The van der Waals surface area contributed by atoms with Crippen molar-refractivity contribution in [3.63, 3.8) is 0 Å². The fourth-order valence-electron chi connectivity index (χ4n) is 5.62. The summed E-state index contributed by atoms with van der Waals surface area (Å²) in [7, 11) is 0. The third-order valence-electron chi connectivity index (χ3n) is 8.16. The van der Waals surface area contributed by atoms with Gasteiger partial charge < -0.3 is 20.0 Å². The van der Waals surface area contributed by atoms with Crippen LogP contribution in [0.4, 0.5) is 11.4 Å². The Kier molecular flexibility index (Phi) is 10.5. The van der Waals surface area contributed by atoms with Gasteiger partial charge in [-0.3, -0.25) is 14.3 Å². The molecule has 2 aromatic rings. The Balaban J connectivity index is 1.57. The van der Waals surface area contributed by atoms with Crippen molar-refractivity contribution in [1.82, 2.24) is 15.0 Å². The lowest BCUT2D eigenvalue weighted by atomic mass is 9.82. The molecule has 42 heavy (non-hydrogen) atoms. The number of hydrogen-bond acceptors (Lipinski definition) is 6. The van der Waals surface area contributed by atoms with Gasteiger partial charge in [0.25, 0.3) is 5.91 Å². The summed E-state index contributed by atoms with van der Waals surface area (Å²) in [6.45, 7) is 9.74. The lowest BCUT2D eigenvalue weighted by Gasteiger charge is -2.30. The van der Waals surface area contributed by atoms with Gasteiger partial charge in [0, 0.05) is 62.4 Å². The van der Waals surface area contributed by atoms with Crippen molar-refractivity contribution in [2.45, 2.75) is 84.8 Å². The highest BCUT2D eigenvalue weighted by Gasteiger charge is 2.52. The molecule has 0 radical (unpaired) electrons. The third kappa shape index (κ3) is 7.07. The minimum absolute atomic E-state index is 0.0279. The van der Waals surface area contributed by atoms with Gasteiger partial charge in [-0.05, 0) is 71.1 Å². The predicted octanol–water partition coefficient (Wildman–Crippen LogP) is 4.84. The first-order chi connectivity index (χ1) is 20.1. The number of allylic oxidation sites excluding steroid dienone is 4. The third-order valence-corrected chi connectivity index (χ3v) is 8.16. The van der Waals surface area contributed by atoms with Gasteiger partial charge in [-0.2, -0.15) is 0 Å². The monoisotopic (exact) mass is 575 g/mol. The van der Waals surface area contributed by atoms with E-state index in [1.165, 1.54) is 11.1 Å². The molecule has 1 fully saturated rings. The van der Waals surface area contributed by atoms with Gasteiger partial charge in [0.1, 0.15) is 0 Å². The van der Waals surface area contributed by atoms with Crippen LogP contribution in [-0.4, -0.2) is 56.7 Å². The zero-order valence-electron chi connectivity index (χ0n) is 25.4. The number of carbonyl (C=O) groups is 2. The van der Waals surface area contributed by atoms with Crippen molar-refractivity contribution in [1.29, 1.82) is 0 Å². The van der Waals surface area contributed by atoms with E-state index in [0.717, 1.165) is 37.1 Å². The van der Waals surface area contributed by atoms with Crippen LogP contribution in [0.1, 0.15) is 77.5 Å². The summed E-state index contributed by atoms with van der Waals surface area (Å²) in [5.74, 6) is -0.788. The zero-order chi connectivity index (χ0) is 30.3. The first kappa shape index (κ1) is 31.4. The van der Waals surface area contributed by atoms with E-state index in [9.17, 15) is 14.7 Å². The maximum absolute atomic E-state index is 14.0. The molecule has 0 bridgehead atoms. The number of hydrogen-bond donors (Lipinski definition) is 2. The molecule has 1 saturated heterocycles. The highest BCUT2D eigenvalue weighted by atomic mass is 16.3. The summed E-state index contributed by atoms with van der Waals surface area (Å²) in [4.78, 5) is 30.1. The van der Waals surface area contributed by atoms with Crippen molar-refractivity contribution >= 4 is 23.2 Å². The Morgan fingerprint density at radius 3 is 2.69 bits per heavy atom. The Bertz CT molecular complexity index is 1360. The van der Waals surface area contributed by atoms with E-state index >= 15 is 0 Å². The quantitative estimate of drug-likeness (QED) is 0.331. The normalized spacial score (nSPS) is 20.0. The molecule has 2 aliphatic rings. The molecule has 0 spiro atoms. The lowest BCUT2D eigenvalue weighted by molar-refractivity contribution is -0.139. The second-order valence-corrected chi connectivity index (χ2v) is 11.7. The molecule has 0 unspecified atom stereocenters. The van der Waals surface area contributed by atoms with Crippen LogP contribution in [-0.2, 0) is 28.2 Å². The number of aryl methyl sites for hydroxylation is 1. The van der Waals surface area contributed by atoms with Crippen LogP contribution in [0.5, 0.6) is 0 Å². The van der Waals surface area contributed by atoms with E-state index in [0.29, 0.717) is 50.1 Å². The average Bonchev–Trinajstić information content (AvgIpc) is 3.50. The molecule has 2 amide bonds. The van der Waals surface area contributed by atoms with Gasteiger partial charge in [-0.1, -0.05) is 47.6 Å². The Hall–Kier alpha value is -3.56. The summed E-state index contributed by atoms with van der Waals surface area (Å²) in [5.41, 5.74) is 3.41. The Labute approximate surface area is 249 Å². The second kappa shape index (κ2) is 14.1. The molecular weight excluding hydrogens is 530 g/mol. The van der Waals surface area contributed by atoms with E-state index in [4.69, 9.17) is 5.11 Å². The molecule has 0 aliphatic carbocycles. The van der Waals surface area contributed by atoms with Gasteiger partial charge >= 0.3 is 0 Å². The number of anilines is 2. The van der Waals surface area contributed by atoms with Crippen LogP contribution in [0.3, 0.4) is 0 Å². The zero-order valence-corrected chi connectivity index (χ0v) is 25.4. The summed E-state index contributed by atoms with van der Waals surface area (Å²) in [5, 5.41) is 29.4. The summed E-state index contributed by atoms with van der Waals surface area (Å²) >= 11 is 0. The van der Waals surface area contributed by atoms with E-state index in [1.807, 2.05) is 43.5 Å². The summed E-state index contributed by atoms with van der Waals surface area (Å²) in [6.07, 6.45) is 15.2. The number of benzene rings is 1. The maximum atomic E-state index is 14.0. The maximum Gasteiger partial charge on any atom is 0.264 e. The van der Waals surface area contributed by atoms with Gasteiger partial charge in [0.05, 0.1) is 11.4 Å². The number of amides is 2. The molecular formula is C33H45N5O4. The molecule has 3 heterocycles. The largest absolute Gasteiger partial charge is 0.396 e. The van der Waals surface area contributed by atoms with E-state index in [2.05, 4.69) is 43.2 Å². The first-order valence-electron chi connectivity index (χ1n) is 15.1. The molecule has 1 aromatic carbocycles. The van der Waals surface area contributed by atoms with E-state index in [-0.39, 0.29) is 18.4 Å². The standard InChI is InChI=1S/C33H45N5O4/c1-24(2)10-9-11-25(3)16-20-38-30-15-14-28(37-19-8-6-13-31(37)40)22-29(30)33(42,32(38)41)26(4)12-5-7-18-36-23-27(17-21-39)34-35-36/h5,10,12,14-16,22-23,26,39,42H,6-9,11,13,17-21H2,1-4H3/b12-5+,25-16+/t26-,33+/m0/s1. The number of piperidine rings is 1. The van der Waals surface area contributed by atoms with Crippen LogP contribution in [0.2, 0.25) is 0 Å². The minimum atomic E-state index is -1.76. The van der Waals surface area contributed by atoms with Gasteiger partial charge in [0.15, 0.2) is 5.60 Å². The Morgan fingerprint density at radius 2 is 1.95 bits per heavy atom. The van der Waals surface area contributed by atoms with Crippen LogP contribution in [0, 0.1) is 5.92 Å². The van der Waals surface area contributed by atoms with Gasteiger partial charge in [-0.25, -0.2) is 0 Å². The molecule has 0 saturated carbocycles. The number of aliphatic hydroxyl groups excluding tert-OH is 1. The molecule has 2 atom stereocenters. The Morgan fingerprint density at radius 1 is 1.14 bits per heavy atom. The topological polar surface area (TPSA) is 112 Å². The number of rotatable bonds is 13. The van der Waals surface area contributed by atoms with Crippen LogP contribution in [0.15, 0.2) is 59.8 Å². The molecule has 2 N–H and O–H groups in total.